The van der Waals surface area contributed by atoms with E-state index in [0.717, 1.165) is 11.8 Å². The monoisotopic (exact) mass is 306 g/mol. The van der Waals surface area contributed by atoms with Crippen molar-refractivity contribution in [2.45, 2.75) is 13.8 Å². The molecule has 0 fully saturated rings. The van der Waals surface area contributed by atoms with Crippen LogP contribution in [0.15, 0.2) is 12.3 Å². The van der Waals surface area contributed by atoms with Gasteiger partial charge in [0.1, 0.15) is 0 Å². The highest BCUT2D eigenvalue weighted by molar-refractivity contribution is 7.16. The van der Waals surface area contributed by atoms with Gasteiger partial charge in [-0.15, -0.1) is 0 Å². The Morgan fingerprint density at radius 3 is 2.71 bits per heavy atom. The lowest BCUT2D eigenvalue weighted by molar-refractivity contribution is -0.131. The smallest absolute Gasteiger partial charge is 0.328 e. The molecule has 0 aliphatic rings. The van der Waals surface area contributed by atoms with Crippen LogP contribution in [0, 0.1) is 13.8 Å². The third-order valence-electron chi connectivity index (χ3n) is 2.87. The number of carbonyl (C=O) groups excluding carboxylic acids is 1. The number of aromatic nitrogens is 3. The number of aryl methyl sites for hydroxylation is 2. The molecule has 0 saturated carbocycles. The Bertz CT molecular complexity index is 730. The number of carboxylic acids is 1. The lowest BCUT2D eigenvalue weighted by Crippen LogP contribution is -2.13. The predicted molar refractivity (Wildman–Crippen MR) is 79.4 cm³/mol. The fraction of sp³-hybridized carbons (Fsp3) is 0.231. The number of amides is 1. The second-order valence-electron chi connectivity index (χ2n) is 4.36. The van der Waals surface area contributed by atoms with Crippen molar-refractivity contribution in [3.8, 4) is 0 Å². The number of hydrogen-bond donors (Lipinski definition) is 2. The van der Waals surface area contributed by atoms with Gasteiger partial charge in [-0.25, -0.2) is 9.78 Å². The lowest BCUT2D eigenvalue weighted by Gasteiger charge is -2.01. The first-order valence-corrected chi connectivity index (χ1v) is 6.88. The van der Waals surface area contributed by atoms with Crippen molar-refractivity contribution in [3.63, 3.8) is 0 Å². The number of rotatable bonds is 4. The van der Waals surface area contributed by atoms with Gasteiger partial charge in [0, 0.05) is 29.9 Å². The SMILES string of the molecule is Cc1nn(C)c(C)c1C(=O)Nc1ncc(C=CC(=O)O)s1. The van der Waals surface area contributed by atoms with Crippen LogP contribution in [-0.4, -0.2) is 31.7 Å². The normalized spacial score (nSPS) is 11.0. The topological polar surface area (TPSA) is 97.1 Å². The van der Waals surface area contributed by atoms with E-state index in [1.165, 1.54) is 23.6 Å². The molecule has 2 rings (SSSR count). The van der Waals surface area contributed by atoms with Crippen molar-refractivity contribution in [1.82, 2.24) is 14.8 Å². The van der Waals surface area contributed by atoms with Crippen molar-refractivity contribution in [2.24, 2.45) is 7.05 Å². The van der Waals surface area contributed by atoms with E-state index in [0.29, 0.717) is 21.3 Å². The molecule has 0 atom stereocenters. The molecular weight excluding hydrogens is 292 g/mol. The molecule has 7 nitrogen and oxygen atoms in total. The first-order valence-electron chi connectivity index (χ1n) is 6.07. The number of aliphatic carboxylic acids is 1. The maximum atomic E-state index is 12.2. The summed E-state index contributed by atoms with van der Waals surface area (Å²) in [5.41, 5.74) is 1.94. The van der Waals surface area contributed by atoms with Crippen LogP contribution in [0.5, 0.6) is 0 Å². The molecule has 0 aliphatic carbocycles. The van der Waals surface area contributed by atoms with E-state index in [1.54, 1.807) is 18.7 Å². The van der Waals surface area contributed by atoms with Gasteiger partial charge in [-0.2, -0.15) is 5.10 Å². The van der Waals surface area contributed by atoms with E-state index in [2.05, 4.69) is 15.4 Å². The maximum Gasteiger partial charge on any atom is 0.328 e. The zero-order valence-corrected chi connectivity index (χ0v) is 12.6. The third kappa shape index (κ3) is 3.34. The summed E-state index contributed by atoms with van der Waals surface area (Å²) in [5.74, 6) is -1.31. The first-order chi connectivity index (χ1) is 9.88. The Labute approximate surface area is 124 Å². The van der Waals surface area contributed by atoms with Crippen LogP contribution < -0.4 is 5.32 Å². The molecule has 0 aromatic carbocycles. The maximum absolute atomic E-state index is 12.2. The highest BCUT2D eigenvalue weighted by Crippen LogP contribution is 2.21. The summed E-state index contributed by atoms with van der Waals surface area (Å²) >= 11 is 1.20. The van der Waals surface area contributed by atoms with E-state index in [4.69, 9.17) is 5.11 Å². The van der Waals surface area contributed by atoms with Gasteiger partial charge in [0.2, 0.25) is 0 Å². The second kappa shape index (κ2) is 5.88. The molecule has 2 aromatic rings. The molecule has 0 bridgehead atoms. The fourth-order valence-corrected chi connectivity index (χ4v) is 2.55. The van der Waals surface area contributed by atoms with Crippen LogP contribution in [-0.2, 0) is 11.8 Å². The second-order valence-corrected chi connectivity index (χ2v) is 5.43. The minimum atomic E-state index is -1.03. The average Bonchev–Trinajstić information content (AvgIpc) is 2.93. The van der Waals surface area contributed by atoms with E-state index >= 15 is 0 Å². The van der Waals surface area contributed by atoms with Crippen LogP contribution in [0.3, 0.4) is 0 Å². The number of anilines is 1. The first kappa shape index (κ1) is 14.9. The predicted octanol–water partition coefficient (Wildman–Crippen LogP) is 1.84. The Balaban J connectivity index is 2.15. The highest BCUT2D eigenvalue weighted by atomic mass is 32.1. The fourth-order valence-electron chi connectivity index (χ4n) is 1.84. The van der Waals surface area contributed by atoms with Crippen LogP contribution >= 0.6 is 11.3 Å². The van der Waals surface area contributed by atoms with Gasteiger partial charge in [0.05, 0.1) is 11.3 Å². The summed E-state index contributed by atoms with van der Waals surface area (Å²) < 4.78 is 1.65. The van der Waals surface area contributed by atoms with Crippen LogP contribution in [0.4, 0.5) is 5.13 Å². The molecule has 0 radical (unpaired) electrons. The van der Waals surface area contributed by atoms with Gasteiger partial charge in [0.25, 0.3) is 5.91 Å². The van der Waals surface area contributed by atoms with Crippen LogP contribution in [0.1, 0.15) is 26.6 Å². The summed E-state index contributed by atoms with van der Waals surface area (Å²) in [6, 6.07) is 0. The van der Waals surface area contributed by atoms with Gasteiger partial charge in [0.15, 0.2) is 5.13 Å². The molecule has 21 heavy (non-hydrogen) atoms. The molecule has 0 spiro atoms. The summed E-state index contributed by atoms with van der Waals surface area (Å²) in [6.07, 6.45) is 3.95. The van der Waals surface area contributed by atoms with E-state index < -0.39 is 5.97 Å². The number of carboxylic acid groups (broad SMARTS) is 1. The van der Waals surface area contributed by atoms with Crippen LogP contribution in [0.2, 0.25) is 0 Å². The summed E-state index contributed by atoms with van der Waals surface area (Å²) in [7, 11) is 1.78. The molecule has 110 valence electrons. The van der Waals surface area contributed by atoms with Gasteiger partial charge >= 0.3 is 5.97 Å². The zero-order chi connectivity index (χ0) is 15.6. The standard InChI is InChI=1S/C13H14N4O3S/c1-7-11(8(2)17(3)16-7)12(20)15-13-14-6-9(21-13)4-5-10(18)19/h4-6H,1-3H3,(H,18,19)(H,14,15,20). The van der Waals surface area contributed by atoms with Gasteiger partial charge < -0.3 is 5.11 Å². The number of nitrogens with zero attached hydrogens (tertiary/aromatic N) is 3. The summed E-state index contributed by atoms with van der Waals surface area (Å²) in [6.45, 7) is 3.59. The molecule has 2 N–H and O–H groups in total. The minimum absolute atomic E-state index is 0.277. The number of nitrogens with one attached hydrogen (secondary N) is 1. The average molecular weight is 306 g/mol. The number of carbonyl (C=O) groups is 2. The van der Waals surface area contributed by atoms with Gasteiger partial charge in [-0.05, 0) is 19.9 Å². The molecule has 8 heteroatoms. The zero-order valence-electron chi connectivity index (χ0n) is 11.7. The molecule has 2 aromatic heterocycles. The quantitative estimate of drug-likeness (QED) is 0.840. The van der Waals surface area contributed by atoms with E-state index in [9.17, 15) is 9.59 Å². The van der Waals surface area contributed by atoms with Crippen molar-refractivity contribution < 1.29 is 14.7 Å². The Kier molecular flexibility index (Phi) is 4.18. The van der Waals surface area contributed by atoms with Gasteiger partial charge in [-0.1, -0.05) is 11.3 Å². The van der Waals surface area contributed by atoms with E-state index in [1.807, 2.05) is 6.92 Å². The summed E-state index contributed by atoms with van der Waals surface area (Å²) in [5, 5.41) is 15.9. The van der Waals surface area contributed by atoms with Crippen LogP contribution in [0.25, 0.3) is 6.08 Å². The Morgan fingerprint density at radius 2 is 2.14 bits per heavy atom. The summed E-state index contributed by atoms with van der Waals surface area (Å²) in [4.78, 5) is 27.4. The lowest BCUT2D eigenvalue weighted by atomic mass is 10.2. The molecule has 0 aliphatic heterocycles. The molecule has 2 heterocycles. The molecule has 0 unspecified atom stereocenters. The van der Waals surface area contributed by atoms with Crippen molar-refractivity contribution >= 4 is 34.4 Å². The number of hydrogen-bond acceptors (Lipinski definition) is 5. The largest absolute Gasteiger partial charge is 0.478 e. The third-order valence-corrected chi connectivity index (χ3v) is 3.75. The Hall–Kier alpha value is -2.48. The Morgan fingerprint density at radius 1 is 1.43 bits per heavy atom. The van der Waals surface area contributed by atoms with Crippen molar-refractivity contribution in [3.05, 3.63) is 34.1 Å². The highest BCUT2D eigenvalue weighted by Gasteiger charge is 2.18. The molecule has 0 saturated heterocycles. The van der Waals surface area contributed by atoms with Crippen molar-refractivity contribution in [2.75, 3.05) is 5.32 Å². The minimum Gasteiger partial charge on any atom is -0.478 e. The number of thiazole rings is 1. The van der Waals surface area contributed by atoms with E-state index in [-0.39, 0.29) is 5.91 Å². The van der Waals surface area contributed by atoms with Gasteiger partial charge in [-0.3, -0.25) is 14.8 Å². The van der Waals surface area contributed by atoms with Crippen molar-refractivity contribution in [1.29, 1.82) is 0 Å². The molecule has 1 amide bonds. The molecular formula is C13H14N4O3S.